The fourth-order valence-electron chi connectivity index (χ4n) is 4.14. The molecule has 0 unspecified atom stereocenters. The fourth-order valence-corrected chi connectivity index (χ4v) is 4.14. The van der Waals surface area contributed by atoms with Gasteiger partial charge in [-0.25, -0.2) is 4.68 Å². The summed E-state index contributed by atoms with van der Waals surface area (Å²) >= 11 is 0. The van der Waals surface area contributed by atoms with Crippen LogP contribution in [0.15, 0.2) is 47.3 Å². The first kappa shape index (κ1) is 17.9. The van der Waals surface area contributed by atoms with Crippen molar-refractivity contribution in [1.29, 1.82) is 0 Å². The van der Waals surface area contributed by atoms with E-state index in [1.54, 1.807) is 6.07 Å². The molecular formula is C21H26N4O2. The molecule has 1 amide bonds. The van der Waals surface area contributed by atoms with Crippen molar-refractivity contribution in [2.75, 3.05) is 26.2 Å². The quantitative estimate of drug-likeness (QED) is 0.830. The predicted octanol–water partition coefficient (Wildman–Crippen LogP) is 2.00. The zero-order valence-corrected chi connectivity index (χ0v) is 15.6. The average Bonchev–Trinajstić information content (AvgIpc) is 3.25. The molecule has 142 valence electrons. The normalized spacial score (nSPS) is 18.7. The van der Waals surface area contributed by atoms with Gasteiger partial charge in [0.25, 0.3) is 5.56 Å². The Hall–Kier alpha value is -2.47. The van der Waals surface area contributed by atoms with E-state index in [-0.39, 0.29) is 18.0 Å². The molecule has 6 heteroatoms. The van der Waals surface area contributed by atoms with E-state index in [0.717, 1.165) is 31.5 Å². The van der Waals surface area contributed by atoms with Crippen LogP contribution in [0.2, 0.25) is 0 Å². The number of aromatic nitrogens is 2. The Kier molecular flexibility index (Phi) is 5.34. The van der Waals surface area contributed by atoms with Gasteiger partial charge in [-0.15, -0.1) is 0 Å². The van der Waals surface area contributed by atoms with Gasteiger partial charge in [0.15, 0.2) is 0 Å². The lowest BCUT2D eigenvalue weighted by molar-refractivity contribution is -0.133. The number of piperidine rings is 1. The molecule has 2 saturated heterocycles. The van der Waals surface area contributed by atoms with Crippen LogP contribution in [0.5, 0.6) is 0 Å². The highest BCUT2D eigenvalue weighted by molar-refractivity contribution is 5.76. The molecule has 3 heterocycles. The number of likely N-dealkylation sites (tertiary alicyclic amines) is 2. The van der Waals surface area contributed by atoms with Crippen LogP contribution in [0.3, 0.4) is 0 Å². The van der Waals surface area contributed by atoms with E-state index < -0.39 is 0 Å². The first-order valence-electron chi connectivity index (χ1n) is 9.86. The fraction of sp³-hybridized carbons (Fsp3) is 0.476. The highest BCUT2D eigenvalue weighted by Crippen LogP contribution is 2.21. The van der Waals surface area contributed by atoms with E-state index in [1.807, 2.05) is 35.2 Å². The van der Waals surface area contributed by atoms with Crippen molar-refractivity contribution in [2.24, 2.45) is 0 Å². The summed E-state index contributed by atoms with van der Waals surface area (Å²) in [5.41, 5.74) is 1.40. The monoisotopic (exact) mass is 366 g/mol. The summed E-state index contributed by atoms with van der Waals surface area (Å²) in [5, 5.41) is 4.40. The van der Waals surface area contributed by atoms with Crippen LogP contribution < -0.4 is 5.56 Å². The third kappa shape index (κ3) is 4.11. The lowest BCUT2D eigenvalue weighted by atomic mass is 10.0. The van der Waals surface area contributed by atoms with E-state index in [9.17, 15) is 9.59 Å². The van der Waals surface area contributed by atoms with Crippen molar-refractivity contribution in [1.82, 2.24) is 19.6 Å². The Morgan fingerprint density at radius 3 is 2.37 bits per heavy atom. The smallest absolute Gasteiger partial charge is 0.267 e. The van der Waals surface area contributed by atoms with Gasteiger partial charge < -0.3 is 9.80 Å². The van der Waals surface area contributed by atoms with Gasteiger partial charge in [-0.1, -0.05) is 30.3 Å². The maximum Gasteiger partial charge on any atom is 0.267 e. The number of carbonyl (C=O) groups excluding carboxylic acids is 1. The molecule has 2 aliphatic heterocycles. The number of hydrogen-bond donors (Lipinski definition) is 0. The molecule has 0 aliphatic carbocycles. The second-order valence-electron chi connectivity index (χ2n) is 7.44. The minimum absolute atomic E-state index is 0.00783. The maximum absolute atomic E-state index is 12.7. The summed E-state index contributed by atoms with van der Waals surface area (Å²) in [5.74, 6) is -0.0188. The van der Waals surface area contributed by atoms with Gasteiger partial charge in [-0.2, -0.15) is 5.10 Å². The van der Waals surface area contributed by atoms with Crippen LogP contribution >= 0.6 is 0 Å². The maximum atomic E-state index is 12.7. The Bertz CT molecular complexity index is 835. The molecule has 1 aromatic carbocycles. The van der Waals surface area contributed by atoms with E-state index in [4.69, 9.17) is 0 Å². The first-order valence-corrected chi connectivity index (χ1v) is 9.86. The molecule has 6 nitrogen and oxygen atoms in total. The van der Waals surface area contributed by atoms with E-state index in [0.29, 0.717) is 11.7 Å². The van der Waals surface area contributed by atoms with Crippen LogP contribution in [-0.4, -0.2) is 57.7 Å². The molecule has 0 saturated carbocycles. The van der Waals surface area contributed by atoms with Crippen LogP contribution in [0, 0.1) is 0 Å². The van der Waals surface area contributed by atoms with Gasteiger partial charge in [0.05, 0.1) is 5.69 Å². The molecule has 0 spiro atoms. The van der Waals surface area contributed by atoms with Gasteiger partial charge in [0.1, 0.15) is 6.54 Å². The van der Waals surface area contributed by atoms with Gasteiger partial charge in [0.2, 0.25) is 5.91 Å². The van der Waals surface area contributed by atoms with Gasteiger partial charge in [-0.05, 0) is 44.8 Å². The van der Waals surface area contributed by atoms with Crippen LogP contribution in [0.4, 0.5) is 0 Å². The predicted molar refractivity (Wildman–Crippen MR) is 104 cm³/mol. The highest BCUT2D eigenvalue weighted by Gasteiger charge is 2.28. The Labute approximate surface area is 159 Å². The second kappa shape index (κ2) is 8.05. The Morgan fingerprint density at radius 2 is 1.67 bits per heavy atom. The molecule has 27 heavy (non-hydrogen) atoms. The van der Waals surface area contributed by atoms with Crippen molar-refractivity contribution in [3.05, 3.63) is 52.8 Å². The molecule has 0 bridgehead atoms. The average molecular weight is 366 g/mol. The largest absolute Gasteiger partial charge is 0.341 e. The molecule has 4 rings (SSSR count). The molecule has 2 aliphatic rings. The third-order valence-electron chi connectivity index (χ3n) is 5.70. The zero-order chi connectivity index (χ0) is 18.6. The summed E-state index contributed by atoms with van der Waals surface area (Å²) in [6, 6.07) is 13.5. The lowest BCUT2D eigenvalue weighted by Crippen LogP contribution is -2.47. The summed E-state index contributed by atoms with van der Waals surface area (Å²) in [4.78, 5) is 29.3. The Balaban J connectivity index is 1.40. The highest BCUT2D eigenvalue weighted by atomic mass is 16.2. The first-order chi connectivity index (χ1) is 13.2. The van der Waals surface area contributed by atoms with Crippen LogP contribution in [0.25, 0.3) is 11.3 Å². The summed E-state index contributed by atoms with van der Waals surface area (Å²) in [6.45, 7) is 3.95. The minimum atomic E-state index is -0.241. The van der Waals surface area contributed by atoms with Gasteiger partial charge in [-0.3, -0.25) is 9.59 Å². The molecule has 1 aromatic heterocycles. The Morgan fingerprint density at radius 1 is 0.963 bits per heavy atom. The number of nitrogens with zero attached hydrogens (tertiary/aromatic N) is 4. The molecular weight excluding hydrogens is 340 g/mol. The molecule has 0 radical (unpaired) electrons. The van der Waals surface area contributed by atoms with Crippen molar-refractivity contribution < 1.29 is 4.79 Å². The number of hydrogen-bond acceptors (Lipinski definition) is 4. The van der Waals surface area contributed by atoms with Crippen molar-refractivity contribution in [2.45, 2.75) is 38.3 Å². The summed E-state index contributed by atoms with van der Waals surface area (Å²) < 4.78 is 1.29. The second-order valence-corrected chi connectivity index (χ2v) is 7.44. The standard InChI is InChI=1S/C21H26N4O2/c26-20-9-8-19(17-6-2-1-3-7-17)22-25(20)16-21(27)24-14-10-18(11-15-24)23-12-4-5-13-23/h1-3,6-9,18H,4-5,10-16H2. The van der Waals surface area contributed by atoms with Crippen molar-refractivity contribution >= 4 is 5.91 Å². The molecule has 0 atom stereocenters. The number of rotatable bonds is 4. The lowest BCUT2D eigenvalue weighted by Gasteiger charge is -2.36. The van der Waals surface area contributed by atoms with Gasteiger partial charge >= 0.3 is 0 Å². The zero-order valence-electron chi connectivity index (χ0n) is 15.6. The van der Waals surface area contributed by atoms with Crippen LogP contribution in [-0.2, 0) is 11.3 Å². The SMILES string of the molecule is O=C(Cn1nc(-c2ccccc2)ccc1=O)N1CCC(N2CCCC2)CC1. The van der Waals surface area contributed by atoms with E-state index in [2.05, 4.69) is 10.00 Å². The minimum Gasteiger partial charge on any atom is -0.341 e. The van der Waals surface area contributed by atoms with Crippen molar-refractivity contribution in [3.8, 4) is 11.3 Å². The molecule has 2 aromatic rings. The summed E-state index contributed by atoms with van der Waals surface area (Å²) in [7, 11) is 0. The third-order valence-corrected chi connectivity index (χ3v) is 5.70. The summed E-state index contributed by atoms with van der Waals surface area (Å²) in [6.07, 6.45) is 4.65. The van der Waals surface area contributed by atoms with E-state index in [1.165, 1.54) is 36.7 Å². The number of carbonyl (C=O) groups is 1. The van der Waals surface area contributed by atoms with Crippen molar-refractivity contribution in [3.63, 3.8) is 0 Å². The van der Waals surface area contributed by atoms with Gasteiger partial charge in [0, 0.05) is 30.8 Å². The van der Waals surface area contributed by atoms with E-state index >= 15 is 0 Å². The molecule has 2 fully saturated rings. The van der Waals surface area contributed by atoms with Crippen LogP contribution in [0.1, 0.15) is 25.7 Å². The molecule has 0 N–H and O–H groups in total. The number of amides is 1. The number of benzene rings is 1. The topological polar surface area (TPSA) is 58.4 Å².